The van der Waals surface area contributed by atoms with E-state index < -0.39 is 5.25 Å². The number of anilines is 1. The Morgan fingerprint density at radius 1 is 1.15 bits per heavy atom. The molecule has 0 saturated carbocycles. The van der Waals surface area contributed by atoms with Crippen molar-refractivity contribution in [3.8, 4) is 0 Å². The SMILES string of the molecule is CCOC(=O)c1c(NC(=O)[C@@H](C)Sc2nc3ccccc3n2CCOC)sc2c1CCN(Cc1ccccc1)C2. The van der Waals surface area contributed by atoms with E-state index in [-0.39, 0.29) is 18.5 Å². The van der Waals surface area contributed by atoms with Crippen LogP contribution in [-0.2, 0) is 40.3 Å². The van der Waals surface area contributed by atoms with E-state index in [1.807, 2.05) is 49.4 Å². The van der Waals surface area contributed by atoms with Gasteiger partial charge in [-0.25, -0.2) is 9.78 Å². The molecule has 0 spiro atoms. The van der Waals surface area contributed by atoms with Crippen LogP contribution in [0.5, 0.6) is 0 Å². The number of amides is 1. The second kappa shape index (κ2) is 13.0. The van der Waals surface area contributed by atoms with Crippen LogP contribution in [0.15, 0.2) is 59.8 Å². The number of thiophene rings is 1. The summed E-state index contributed by atoms with van der Waals surface area (Å²) in [5.74, 6) is -0.561. The van der Waals surface area contributed by atoms with E-state index in [2.05, 4.69) is 26.9 Å². The predicted octanol–water partition coefficient (Wildman–Crippen LogP) is 5.60. The number of nitrogens with one attached hydrogen (secondary N) is 1. The first-order valence-corrected chi connectivity index (χ1v) is 15.2. The van der Waals surface area contributed by atoms with E-state index >= 15 is 0 Å². The maximum absolute atomic E-state index is 13.5. The lowest BCUT2D eigenvalue weighted by Gasteiger charge is -2.27. The number of carbonyl (C=O) groups is 2. The number of ether oxygens (including phenoxy) is 2. The number of hydrogen-bond acceptors (Lipinski definition) is 8. The maximum atomic E-state index is 13.5. The summed E-state index contributed by atoms with van der Waals surface area (Å²) < 4.78 is 12.8. The Kier molecular flexibility index (Phi) is 9.21. The van der Waals surface area contributed by atoms with Crippen molar-refractivity contribution in [3.05, 3.63) is 76.2 Å². The fourth-order valence-electron chi connectivity index (χ4n) is 4.91. The van der Waals surface area contributed by atoms with Crippen LogP contribution in [-0.4, -0.2) is 58.4 Å². The smallest absolute Gasteiger partial charge is 0.341 e. The largest absolute Gasteiger partial charge is 0.462 e. The number of imidazole rings is 1. The van der Waals surface area contributed by atoms with Crippen LogP contribution in [0.3, 0.4) is 0 Å². The highest BCUT2D eigenvalue weighted by atomic mass is 32.2. The Hall–Kier alpha value is -3.18. The average Bonchev–Trinajstić information content (AvgIpc) is 3.49. The Morgan fingerprint density at radius 2 is 1.93 bits per heavy atom. The quantitative estimate of drug-likeness (QED) is 0.183. The molecular weight excluding hydrogens is 544 g/mol. The maximum Gasteiger partial charge on any atom is 0.341 e. The summed E-state index contributed by atoms with van der Waals surface area (Å²) in [6.45, 7) is 7.52. The second-order valence-electron chi connectivity index (χ2n) is 9.65. The van der Waals surface area contributed by atoms with E-state index in [4.69, 9.17) is 14.5 Å². The first kappa shape index (κ1) is 28.4. The van der Waals surface area contributed by atoms with E-state index in [9.17, 15) is 9.59 Å². The number of fused-ring (bicyclic) bond motifs is 2. The third-order valence-electron chi connectivity index (χ3n) is 6.89. The molecule has 3 heterocycles. The van der Waals surface area contributed by atoms with Gasteiger partial charge >= 0.3 is 5.97 Å². The number of benzene rings is 2. The van der Waals surface area contributed by atoms with Gasteiger partial charge in [0.05, 0.1) is 35.1 Å². The second-order valence-corrected chi connectivity index (χ2v) is 12.1. The van der Waals surface area contributed by atoms with Crippen LogP contribution >= 0.6 is 23.1 Å². The highest BCUT2D eigenvalue weighted by Crippen LogP contribution is 2.39. The molecule has 10 heteroatoms. The molecule has 40 heavy (non-hydrogen) atoms. The summed E-state index contributed by atoms with van der Waals surface area (Å²) >= 11 is 2.88. The van der Waals surface area contributed by atoms with Gasteiger partial charge in [0, 0.05) is 38.2 Å². The molecule has 0 aliphatic carbocycles. The molecule has 210 valence electrons. The predicted molar refractivity (Wildman–Crippen MR) is 160 cm³/mol. The van der Waals surface area contributed by atoms with E-state index in [1.165, 1.54) is 28.7 Å². The summed E-state index contributed by atoms with van der Waals surface area (Å²) in [7, 11) is 1.67. The summed E-state index contributed by atoms with van der Waals surface area (Å²) in [4.78, 5) is 34.8. The van der Waals surface area contributed by atoms with Crippen molar-refractivity contribution >= 4 is 51.0 Å². The molecule has 0 bridgehead atoms. The topological polar surface area (TPSA) is 85.7 Å². The van der Waals surface area contributed by atoms with Gasteiger partial charge in [0.2, 0.25) is 5.91 Å². The van der Waals surface area contributed by atoms with E-state index in [0.717, 1.165) is 52.7 Å². The number of hydrogen-bond donors (Lipinski definition) is 1. The molecule has 2 aromatic carbocycles. The van der Waals surface area contributed by atoms with Gasteiger partial charge in [-0.15, -0.1) is 11.3 Å². The summed E-state index contributed by atoms with van der Waals surface area (Å²) in [5, 5.41) is 3.95. The molecule has 0 unspecified atom stereocenters. The van der Waals surface area contributed by atoms with Crippen molar-refractivity contribution in [1.29, 1.82) is 0 Å². The minimum Gasteiger partial charge on any atom is -0.462 e. The fourth-order valence-corrected chi connectivity index (χ4v) is 7.14. The van der Waals surface area contributed by atoms with Crippen LogP contribution in [0.4, 0.5) is 5.00 Å². The van der Waals surface area contributed by atoms with Gasteiger partial charge in [-0.1, -0.05) is 54.2 Å². The molecule has 1 amide bonds. The first-order chi connectivity index (χ1) is 19.5. The zero-order chi connectivity index (χ0) is 28.1. The Morgan fingerprint density at radius 3 is 2.70 bits per heavy atom. The summed E-state index contributed by atoms with van der Waals surface area (Å²) in [6.07, 6.45) is 0.733. The van der Waals surface area contributed by atoms with Crippen molar-refractivity contribution in [3.63, 3.8) is 0 Å². The van der Waals surface area contributed by atoms with Gasteiger partial charge in [0.15, 0.2) is 5.16 Å². The Balaban J connectivity index is 1.35. The molecule has 1 atom stereocenters. The number of para-hydroxylation sites is 2. The number of rotatable bonds is 11. The third-order valence-corrected chi connectivity index (χ3v) is 9.11. The monoisotopic (exact) mass is 578 g/mol. The van der Waals surface area contributed by atoms with Gasteiger partial charge in [-0.2, -0.15) is 0 Å². The molecule has 8 nitrogen and oxygen atoms in total. The standard InChI is InChI=1S/C30H34N4O4S2/c1-4-38-29(36)26-22-14-15-33(18-21-10-6-5-7-11-21)19-25(22)40-28(26)32-27(35)20(2)39-30-31-23-12-8-9-13-24(23)34(30)16-17-37-3/h5-13,20H,4,14-19H2,1-3H3,(H,32,35)/t20-/m1/s1. The van der Waals surface area contributed by atoms with Gasteiger partial charge in [-0.05, 0) is 43.5 Å². The molecular formula is C30H34N4O4S2. The van der Waals surface area contributed by atoms with Crippen LogP contribution in [0, 0.1) is 0 Å². The highest BCUT2D eigenvalue weighted by Gasteiger charge is 2.30. The number of thioether (sulfide) groups is 1. The minimum atomic E-state index is -0.443. The summed E-state index contributed by atoms with van der Waals surface area (Å²) in [5.41, 5.74) is 4.63. The molecule has 2 aromatic heterocycles. The van der Waals surface area contributed by atoms with Crippen molar-refractivity contribution in [2.45, 2.75) is 50.3 Å². The molecule has 0 radical (unpaired) electrons. The van der Waals surface area contributed by atoms with Crippen molar-refractivity contribution < 1.29 is 19.1 Å². The van der Waals surface area contributed by atoms with Crippen LogP contribution in [0.2, 0.25) is 0 Å². The highest BCUT2D eigenvalue weighted by molar-refractivity contribution is 8.00. The number of nitrogens with zero attached hydrogens (tertiary/aromatic N) is 3. The van der Waals surface area contributed by atoms with Crippen molar-refractivity contribution in [2.75, 3.05) is 32.2 Å². The van der Waals surface area contributed by atoms with Crippen LogP contribution in [0.25, 0.3) is 11.0 Å². The average molecular weight is 579 g/mol. The molecule has 1 aliphatic heterocycles. The van der Waals surface area contributed by atoms with Gasteiger partial charge in [0.1, 0.15) is 5.00 Å². The van der Waals surface area contributed by atoms with Crippen LogP contribution < -0.4 is 5.32 Å². The van der Waals surface area contributed by atoms with Gasteiger partial charge in [0.25, 0.3) is 0 Å². The zero-order valence-electron chi connectivity index (χ0n) is 23.0. The Bertz CT molecular complexity index is 1480. The lowest BCUT2D eigenvalue weighted by Crippen LogP contribution is -2.30. The van der Waals surface area contributed by atoms with Gasteiger partial charge < -0.3 is 19.4 Å². The molecule has 1 aliphatic rings. The van der Waals surface area contributed by atoms with E-state index in [1.54, 1.807) is 14.0 Å². The fraction of sp³-hybridized carbons (Fsp3) is 0.367. The summed E-state index contributed by atoms with van der Waals surface area (Å²) in [6, 6.07) is 18.3. The van der Waals surface area contributed by atoms with Crippen LogP contribution in [0.1, 0.15) is 40.2 Å². The minimum absolute atomic E-state index is 0.180. The number of aromatic nitrogens is 2. The van der Waals surface area contributed by atoms with Crippen molar-refractivity contribution in [2.24, 2.45) is 0 Å². The molecule has 0 fully saturated rings. The first-order valence-electron chi connectivity index (χ1n) is 13.5. The van der Waals surface area contributed by atoms with Gasteiger partial charge in [-0.3, -0.25) is 9.69 Å². The molecule has 0 saturated heterocycles. The number of methoxy groups -OCH3 is 1. The lowest BCUT2D eigenvalue weighted by atomic mass is 10.0. The number of carbonyl (C=O) groups excluding carboxylic acids is 2. The molecule has 1 N–H and O–H groups in total. The molecule has 5 rings (SSSR count). The number of esters is 1. The Labute approximate surface area is 242 Å². The van der Waals surface area contributed by atoms with Crippen molar-refractivity contribution in [1.82, 2.24) is 14.5 Å². The molecule has 4 aromatic rings. The lowest BCUT2D eigenvalue weighted by molar-refractivity contribution is -0.115. The third kappa shape index (κ3) is 6.25. The normalized spacial score (nSPS) is 14.2. The van der Waals surface area contributed by atoms with E-state index in [0.29, 0.717) is 23.7 Å². The zero-order valence-corrected chi connectivity index (χ0v) is 24.6.